The summed E-state index contributed by atoms with van der Waals surface area (Å²) in [5.41, 5.74) is -0.0612. The molecule has 10 heteroatoms. The van der Waals surface area contributed by atoms with Gasteiger partial charge in [0, 0.05) is 6.54 Å². The lowest BCUT2D eigenvalue weighted by atomic mass is 10.0. The number of methoxy groups -OCH3 is 1. The van der Waals surface area contributed by atoms with Crippen LogP contribution in [0.1, 0.15) is 11.1 Å². The molecule has 164 valence electrons. The van der Waals surface area contributed by atoms with Crippen LogP contribution < -0.4 is 14.8 Å². The lowest BCUT2D eigenvalue weighted by Crippen LogP contribution is -2.54. The summed E-state index contributed by atoms with van der Waals surface area (Å²) in [4.78, 5) is 48.5. The molecule has 2 aromatic carbocycles. The van der Waals surface area contributed by atoms with E-state index in [0.29, 0.717) is 0 Å². The number of urea groups is 1. The highest BCUT2D eigenvalue weighted by Gasteiger charge is 2.35. The molecule has 0 saturated carbocycles. The predicted octanol–water partition coefficient (Wildman–Crippen LogP) is 2.83. The van der Waals surface area contributed by atoms with Crippen LogP contribution in [0.2, 0.25) is 0 Å². The lowest BCUT2D eigenvalue weighted by molar-refractivity contribution is -0.385. The predicted molar refractivity (Wildman–Crippen MR) is 114 cm³/mol. The van der Waals surface area contributed by atoms with Gasteiger partial charge in [0.25, 0.3) is 17.5 Å². The van der Waals surface area contributed by atoms with Crippen LogP contribution in [-0.2, 0) is 16.2 Å². The first-order valence-electron chi connectivity index (χ1n) is 9.38. The number of ether oxygens (including phenoxy) is 2. The number of amides is 4. The molecule has 4 amide bonds. The summed E-state index contributed by atoms with van der Waals surface area (Å²) in [7, 11) is 1.36. The number of nitrogens with one attached hydrogen (secondary N) is 1. The number of nitro benzene ring substituents is 1. The third kappa shape index (κ3) is 4.64. The number of rotatable bonds is 8. The minimum absolute atomic E-state index is 0.0645. The Morgan fingerprint density at radius 2 is 1.88 bits per heavy atom. The first-order valence-corrected chi connectivity index (χ1v) is 9.38. The molecule has 0 aromatic heterocycles. The average Bonchev–Trinajstić information content (AvgIpc) is 2.78. The molecule has 10 nitrogen and oxygen atoms in total. The molecule has 1 fully saturated rings. The lowest BCUT2D eigenvalue weighted by Gasteiger charge is -2.25. The molecular formula is C22H19N3O7. The summed E-state index contributed by atoms with van der Waals surface area (Å²) < 4.78 is 11.0. The number of carbonyl (C=O) groups is 3. The van der Waals surface area contributed by atoms with Crippen molar-refractivity contribution in [2.24, 2.45) is 0 Å². The van der Waals surface area contributed by atoms with E-state index in [1.807, 2.05) is 35.6 Å². The fourth-order valence-corrected chi connectivity index (χ4v) is 2.99. The van der Waals surface area contributed by atoms with E-state index in [-0.39, 0.29) is 30.2 Å². The maximum absolute atomic E-state index is 12.6. The van der Waals surface area contributed by atoms with Gasteiger partial charge in [0.05, 0.1) is 23.7 Å². The van der Waals surface area contributed by atoms with Crippen LogP contribution in [0.25, 0.3) is 6.08 Å². The Morgan fingerprint density at radius 3 is 2.50 bits per heavy atom. The zero-order chi connectivity index (χ0) is 23.3. The van der Waals surface area contributed by atoms with Gasteiger partial charge in [-0.2, -0.15) is 0 Å². The van der Waals surface area contributed by atoms with Crippen LogP contribution in [0, 0.1) is 10.1 Å². The van der Waals surface area contributed by atoms with E-state index in [0.717, 1.165) is 22.6 Å². The Labute approximate surface area is 182 Å². The SMILES string of the molecule is C=CCN1C(=O)NC(=O)/C(=C/c2cc(OC)c(OCc3ccccc3)cc2[N+](=O)[O-])C1=O. The largest absolute Gasteiger partial charge is 0.493 e. The molecule has 1 aliphatic rings. The summed E-state index contributed by atoms with van der Waals surface area (Å²) in [6.45, 7) is 3.48. The molecule has 0 radical (unpaired) electrons. The van der Waals surface area contributed by atoms with Crippen LogP contribution in [0.3, 0.4) is 0 Å². The molecule has 0 bridgehead atoms. The Morgan fingerprint density at radius 1 is 1.16 bits per heavy atom. The zero-order valence-corrected chi connectivity index (χ0v) is 17.1. The van der Waals surface area contributed by atoms with E-state index in [1.165, 1.54) is 19.3 Å². The molecule has 3 rings (SSSR count). The topological polar surface area (TPSA) is 128 Å². The van der Waals surface area contributed by atoms with Crippen LogP contribution in [-0.4, -0.2) is 41.3 Å². The molecule has 2 aromatic rings. The number of benzene rings is 2. The minimum atomic E-state index is -0.960. The quantitative estimate of drug-likeness (QED) is 0.221. The molecule has 32 heavy (non-hydrogen) atoms. The third-order valence-electron chi connectivity index (χ3n) is 4.54. The first-order chi connectivity index (χ1) is 15.3. The van der Waals surface area contributed by atoms with E-state index in [2.05, 4.69) is 6.58 Å². The number of imide groups is 2. The summed E-state index contributed by atoms with van der Waals surface area (Å²) in [6.07, 6.45) is 2.36. The molecule has 0 aliphatic carbocycles. The van der Waals surface area contributed by atoms with Crippen molar-refractivity contribution in [3.63, 3.8) is 0 Å². The molecule has 1 heterocycles. The van der Waals surface area contributed by atoms with Gasteiger partial charge in [0.15, 0.2) is 11.5 Å². The maximum atomic E-state index is 12.6. The van der Waals surface area contributed by atoms with Crippen molar-refractivity contribution in [3.8, 4) is 11.5 Å². The van der Waals surface area contributed by atoms with Crippen LogP contribution in [0.5, 0.6) is 11.5 Å². The van der Waals surface area contributed by atoms with Gasteiger partial charge in [-0.1, -0.05) is 36.4 Å². The van der Waals surface area contributed by atoms with Gasteiger partial charge in [-0.25, -0.2) is 4.79 Å². The van der Waals surface area contributed by atoms with Crippen molar-refractivity contribution in [2.75, 3.05) is 13.7 Å². The van der Waals surface area contributed by atoms with Gasteiger partial charge >= 0.3 is 6.03 Å². The van der Waals surface area contributed by atoms with Gasteiger partial charge in [0.1, 0.15) is 12.2 Å². The van der Waals surface area contributed by atoms with Crippen molar-refractivity contribution < 1.29 is 28.8 Å². The fourth-order valence-electron chi connectivity index (χ4n) is 2.99. The molecule has 0 unspecified atom stereocenters. The smallest absolute Gasteiger partial charge is 0.331 e. The number of barbiturate groups is 1. The van der Waals surface area contributed by atoms with E-state index in [9.17, 15) is 24.5 Å². The highest BCUT2D eigenvalue weighted by molar-refractivity contribution is 6.31. The normalized spacial score (nSPS) is 14.8. The third-order valence-corrected chi connectivity index (χ3v) is 4.54. The average molecular weight is 437 g/mol. The summed E-state index contributed by atoms with van der Waals surface area (Å²) in [6, 6.07) is 10.7. The number of hydrogen-bond donors (Lipinski definition) is 1. The number of nitro groups is 1. The molecule has 0 atom stereocenters. The number of hydrogen-bond acceptors (Lipinski definition) is 7. The van der Waals surface area contributed by atoms with Crippen LogP contribution in [0.4, 0.5) is 10.5 Å². The summed E-state index contributed by atoms with van der Waals surface area (Å²) in [5.74, 6) is -1.57. The molecule has 1 aliphatic heterocycles. The second kappa shape index (κ2) is 9.56. The van der Waals surface area contributed by atoms with Gasteiger partial charge < -0.3 is 9.47 Å². The monoisotopic (exact) mass is 437 g/mol. The van der Waals surface area contributed by atoms with E-state index >= 15 is 0 Å². The second-order valence-electron chi connectivity index (χ2n) is 6.61. The highest BCUT2D eigenvalue weighted by atomic mass is 16.6. The van der Waals surface area contributed by atoms with Crippen LogP contribution >= 0.6 is 0 Å². The van der Waals surface area contributed by atoms with Crippen LogP contribution in [0.15, 0.2) is 60.7 Å². The number of nitrogens with zero attached hydrogens (tertiary/aromatic N) is 2. The van der Waals surface area contributed by atoms with Gasteiger partial charge in [-0.05, 0) is 17.7 Å². The van der Waals surface area contributed by atoms with E-state index < -0.39 is 34.0 Å². The second-order valence-corrected chi connectivity index (χ2v) is 6.61. The van der Waals surface area contributed by atoms with Gasteiger partial charge in [-0.15, -0.1) is 6.58 Å². The molecule has 0 spiro atoms. The van der Waals surface area contributed by atoms with Crippen molar-refractivity contribution in [2.45, 2.75) is 6.61 Å². The number of carbonyl (C=O) groups excluding carboxylic acids is 3. The Bertz CT molecular complexity index is 1130. The molecular weight excluding hydrogens is 418 g/mol. The van der Waals surface area contributed by atoms with Crippen molar-refractivity contribution in [1.82, 2.24) is 10.2 Å². The van der Waals surface area contributed by atoms with Gasteiger partial charge in [-0.3, -0.25) is 29.9 Å². The van der Waals surface area contributed by atoms with Crippen molar-refractivity contribution >= 4 is 29.6 Å². The molecule has 1 saturated heterocycles. The Balaban J connectivity index is 2.01. The van der Waals surface area contributed by atoms with Crippen molar-refractivity contribution in [1.29, 1.82) is 0 Å². The van der Waals surface area contributed by atoms with E-state index in [1.54, 1.807) is 0 Å². The van der Waals surface area contributed by atoms with Gasteiger partial charge in [0.2, 0.25) is 0 Å². The standard InChI is InChI=1S/C22H19N3O7/c1-3-9-24-21(27)16(20(26)23-22(24)28)10-15-11-18(31-2)19(12-17(15)25(29)30)32-13-14-7-5-4-6-8-14/h3-8,10-12H,1,9,13H2,2H3,(H,23,26,28)/b16-10-. The highest BCUT2D eigenvalue weighted by Crippen LogP contribution is 2.36. The maximum Gasteiger partial charge on any atom is 0.331 e. The summed E-state index contributed by atoms with van der Waals surface area (Å²) >= 11 is 0. The Kier molecular flexibility index (Phi) is 6.64. The van der Waals surface area contributed by atoms with Crippen molar-refractivity contribution in [3.05, 3.63) is 81.9 Å². The molecule has 1 N–H and O–H groups in total. The minimum Gasteiger partial charge on any atom is -0.493 e. The Hall–Kier alpha value is -4.47. The zero-order valence-electron chi connectivity index (χ0n) is 17.1. The van der Waals surface area contributed by atoms with E-state index in [4.69, 9.17) is 9.47 Å². The summed E-state index contributed by atoms with van der Waals surface area (Å²) in [5, 5.41) is 13.7. The fraction of sp³-hybridized carbons (Fsp3) is 0.136. The first kappa shape index (κ1) is 22.2.